The Kier molecular flexibility index (Phi) is 7.38. The van der Waals surface area contributed by atoms with E-state index in [0.717, 1.165) is 0 Å². The molecule has 49 valence electrons. The minimum absolute atomic E-state index is 0. The molecule has 0 aromatic rings. The first-order valence-electron chi connectivity index (χ1n) is 1.79. The quantitative estimate of drug-likeness (QED) is 0.348. The summed E-state index contributed by atoms with van der Waals surface area (Å²) in [4.78, 5) is 0. The van der Waals surface area contributed by atoms with Crippen LogP contribution in [-0.4, -0.2) is 49.1 Å². The number of hydrogen-bond acceptors (Lipinski definition) is 3. The number of rotatable bonds is 3. The summed E-state index contributed by atoms with van der Waals surface area (Å²) in [5.41, 5.74) is 0. The van der Waals surface area contributed by atoms with Crippen molar-refractivity contribution in [2.45, 2.75) is 0 Å². The zero-order chi connectivity index (χ0) is 6.62. The van der Waals surface area contributed by atoms with Gasteiger partial charge in [-0.25, -0.2) is 4.18 Å². The Hall–Kier alpha value is 0.610. The minimum atomic E-state index is -4.26. The molecule has 0 saturated carbocycles. The molecule has 0 aliphatic heterocycles. The van der Waals surface area contributed by atoms with E-state index < -0.39 is 10.4 Å². The van der Waals surface area contributed by atoms with Gasteiger partial charge in [-0.1, -0.05) is 6.08 Å². The molecular weight excluding hydrogens is 155 g/mol. The van der Waals surface area contributed by atoms with Crippen molar-refractivity contribution >= 4 is 40.0 Å². The third-order valence-electron chi connectivity index (χ3n) is 0.335. The van der Waals surface area contributed by atoms with Crippen molar-refractivity contribution in [1.82, 2.24) is 0 Å². The summed E-state index contributed by atoms with van der Waals surface area (Å²) < 4.78 is 31.0. The Labute approximate surface area is 76.1 Å². The SMILES string of the molecule is C=CCOS(=O)(=O)O.[Na]. The van der Waals surface area contributed by atoms with E-state index in [0.29, 0.717) is 0 Å². The molecule has 1 N–H and O–H groups in total. The predicted octanol–water partition coefficient (Wildman–Crippen LogP) is -0.389. The van der Waals surface area contributed by atoms with Crippen molar-refractivity contribution in [1.29, 1.82) is 0 Å². The fraction of sp³-hybridized carbons (Fsp3) is 0.333. The maximum Gasteiger partial charge on any atom is 0.397 e. The van der Waals surface area contributed by atoms with Crippen LogP contribution >= 0.6 is 0 Å². The zero-order valence-electron chi connectivity index (χ0n) is 5.07. The van der Waals surface area contributed by atoms with E-state index in [1.165, 1.54) is 6.08 Å². The molecule has 6 heteroatoms. The average molecular weight is 161 g/mol. The molecule has 0 aliphatic rings. The molecule has 0 saturated heterocycles. The van der Waals surface area contributed by atoms with Crippen LogP contribution in [-0.2, 0) is 14.6 Å². The predicted molar refractivity (Wildman–Crippen MR) is 33.5 cm³/mol. The van der Waals surface area contributed by atoms with E-state index in [2.05, 4.69) is 10.8 Å². The second-order valence-electron chi connectivity index (χ2n) is 1.00. The van der Waals surface area contributed by atoms with Crippen LogP contribution < -0.4 is 0 Å². The van der Waals surface area contributed by atoms with Crippen LogP contribution in [0.3, 0.4) is 0 Å². The molecule has 0 aromatic heterocycles. The molecule has 0 aliphatic carbocycles. The molecule has 0 heterocycles. The first kappa shape index (κ1) is 12.3. The summed E-state index contributed by atoms with van der Waals surface area (Å²) in [6.07, 6.45) is 1.22. The molecule has 0 rings (SSSR count). The van der Waals surface area contributed by atoms with Crippen molar-refractivity contribution in [3.63, 3.8) is 0 Å². The van der Waals surface area contributed by atoms with Gasteiger partial charge in [0.15, 0.2) is 0 Å². The monoisotopic (exact) mass is 161 g/mol. The van der Waals surface area contributed by atoms with Gasteiger partial charge in [0.1, 0.15) is 0 Å². The first-order chi connectivity index (χ1) is 3.56. The fourth-order valence-electron chi connectivity index (χ4n) is 0.134. The smallest absolute Gasteiger partial charge is 0.264 e. The van der Waals surface area contributed by atoms with Crippen molar-refractivity contribution in [3.8, 4) is 0 Å². The van der Waals surface area contributed by atoms with E-state index in [1.807, 2.05) is 0 Å². The van der Waals surface area contributed by atoms with Crippen molar-refractivity contribution in [3.05, 3.63) is 12.7 Å². The Morgan fingerprint density at radius 2 is 2.11 bits per heavy atom. The third-order valence-corrected chi connectivity index (χ3v) is 0.769. The molecule has 0 bridgehead atoms. The van der Waals surface area contributed by atoms with Gasteiger partial charge in [0.05, 0.1) is 6.61 Å². The minimum Gasteiger partial charge on any atom is -0.264 e. The summed E-state index contributed by atoms with van der Waals surface area (Å²) in [5, 5.41) is 0. The topological polar surface area (TPSA) is 63.6 Å². The normalized spacial score (nSPS) is 9.89. The van der Waals surface area contributed by atoms with Crippen LogP contribution in [0.2, 0.25) is 0 Å². The molecule has 0 atom stereocenters. The fourth-order valence-corrected chi connectivity index (χ4v) is 0.402. The molecular formula is C3H6NaO4S. The van der Waals surface area contributed by atoms with Crippen molar-refractivity contribution in [2.24, 2.45) is 0 Å². The van der Waals surface area contributed by atoms with Gasteiger partial charge in [0.2, 0.25) is 0 Å². The maximum atomic E-state index is 9.68. The van der Waals surface area contributed by atoms with Crippen LogP contribution in [0.15, 0.2) is 12.7 Å². The van der Waals surface area contributed by atoms with Gasteiger partial charge in [0.25, 0.3) is 0 Å². The molecule has 0 amide bonds. The summed E-state index contributed by atoms with van der Waals surface area (Å²) in [7, 11) is -4.26. The standard InChI is InChI=1S/C3H6O4S.Na/c1-2-3-7-8(4,5)6;/h2H,1,3H2,(H,4,5,6);. The second kappa shape index (κ2) is 5.40. The Morgan fingerprint density at radius 1 is 1.67 bits per heavy atom. The first-order valence-corrected chi connectivity index (χ1v) is 3.15. The number of hydrogen-bond donors (Lipinski definition) is 1. The van der Waals surface area contributed by atoms with E-state index >= 15 is 0 Å². The zero-order valence-corrected chi connectivity index (χ0v) is 7.89. The van der Waals surface area contributed by atoms with Gasteiger partial charge < -0.3 is 0 Å². The summed E-state index contributed by atoms with van der Waals surface area (Å²) >= 11 is 0. The van der Waals surface area contributed by atoms with Crippen molar-refractivity contribution in [2.75, 3.05) is 6.61 Å². The molecule has 0 unspecified atom stereocenters. The molecule has 1 radical (unpaired) electrons. The van der Waals surface area contributed by atoms with Gasteiger partial charge in [-0.2, -0.15) is 8.42 Å². The van der Waals surface area contributed by atoms with Crippen LogP contribution in [0, 0.1) is 0 Å². The molecule has 0 fully saturated rings. The summed E-state index contributed by atoms with van der Waals surface area (Å²) in [6.45, 7) is 2.97. The average Bonchev–Trinajstić information content (AvgIpc) is 1.59. The van der Waals surface area contributed by atoms with Crippen LogP contribution in [0.25, 0.3) is 0 Å². The van der Waals surface area contributed by atoms with Gasteiger partial charge in [-0.3, -0.25) is 4.55 Å². The van der Waals surface area contributed by atoms with Crippen LogP contribution in [0.5, 0.6) is 0 Å². The third kappa shape index (κ3) is 12.0. The van der Waals surface area contributed by atoms with Gasteiger partial charge >= 0.3 is 10.4 Å². The van der Waals surface area contributed by atoms with Crippen LogP contribution in [0.1, 0.15) is 0 Å². The van der Waals surface area contributed by atoms with Gasteiger partial charge in [-0.05, 0) is 0 Å². The molecule has 4 nitrogen and oxygen atoms in total. The van der Waals surface area contributed by atoms with E-state index in [9.17, 15) is 8.42 Å². The summed E-state index contributed by atoms with van der Waals surface area (Å²) in [6, 6.07) is 0. The van der Waals surface area contributed by atoms with E-state index in [-0.39, 0.29) is 36.2 Å². The largest absolute Gasteiger partial charge is 0.397 e. The summed E-state index contributed by atoms with van der Waals surface area (Å²) in [5.74, 6) is 0. The van der Waals surface area contributed by atoms with E-state index in [1.54, 1.807) is 0 Å². The maximum absolute atomic E-state index is 9.68. The van der Waals surface area contributed by atoms with Gasteiger partial charge in [0, 0.05) is 29.6 Å². The van der Waals surface area contributed by atoms with Crippen molar-refractivity contribution < 1.29 is 17.2 Å². The van der Waals surface area contributed by atoms with Crippen LogP contribution in [0.4, 0.5) is 0 Å². The second-order valence-corrected chi connectivity index (χ2v) is 2.09. The molecule has 0 spiro atoms. The molecule has 0 aromatic carbocycles. The molecule has 9 heavy (non-hydrogen) atoms. The van der Waals surface area contributed by atoms with Gasteiger partial charge in [-0.15, -0.1) is 6.58 Å². The van der Waals surface area contributed by atoms with E-state index in [4.69, 9.17) is 4.55 Å². The Balaban J connectivity index is 0. The Morgan fingerprint density at radius 3 is 2.22 bits per heavy atom. The Bertz CT molecular complexity index is 161.